The van der Waals surface area contributed by atoms with Crippen LogP contribution in [0.2, 0.25) is 0 Å². The van der Waals surface area contributed by atoms with Gasteiger partial charge >= 0.3 is 0 Å². The van der Waals surface area contributed by atoms with E-state index >= 15 is 0 Å². The molecule has 1 N–H and O–H groups in total. The fraction of sp³-hybridized carbons (Fsp3) is 0.789. The molecule has 3 rings (SSSR count). The third-order valence-corrected chi connectivity index (χ3v) is 5.38. The van der Waals surface area contributed by atoms with Crippen molar-refractivity contribution in [3.63, 3.8) is 0 Å². The predicted octanol–water partition coefficient (Wildman–Crippen LogP) is 3.28. The molecule has 0 unspecified atom stereocenters. The second-order valence-electron chi connectivity index (χ2n) is 7.97. The number of aromatic nitrogens is 2. The van der Waals surface area contributed by atoms with Gasteiger partial charge in [0.15, 0.2) is 5.82 Å². The van der Waals surface area contributed by atoms with Crippen LogP contribution >= 0.6 is 0 Å². The Morgan fingerprint density at radius 2 is 2.12 bits per heavy atom. The minimum Gasteiger partial charge on any atom is -0.476 e. The van der Waals surface area contributed by atoms with Crippen LogP contribution < -0.4 is 9.64 Å². The number of rotatable bonds is 5. The Hall–Kier alpha value is -1.36. The number of ether oxygens (including phenoxy) is 1. The standard InChI is InChI=1S/C19H31N3O2/c1-13(2)12-24-19-11-20-10-18(21-19)22-8-4-5-16(22)15-9-14(3)6-7-17(15)23/h10-11,13-17,23H,4-9,12H2,1-3H3/t14-,15-,16+,17-/m0/s1. The molecule has 5 nitrogen and oxygen atoms in total. The van der Waals surface area contributed by atoms with E-state index in [4.69, 9.17) is 4.74 Å². The van der Waals surface area contributed by atoms with Gasteiger partial charge in [0.25, 0.3) is 0 Å². The van der Waals surface area contributed by atoms with Gasteiger partial charge in [0.05, 0.1) is 25.1 Å². The highest BCUT2D eigenvalue weighted by molar-refractivity contribution is 5.41. The van der Waals surface area contributed by atoms with Gasteiger partial charge in [-0.3, -0.25) is 4.98 Å². The van der Waals surface area contributed by atoms with Gasteiger partial charge in [-0.15, -0.1) is 0 Å². The summed E-state index contributed by atoms with van der Waals surface area (Å²) in [5.74, 6) is 3.01. The van der Waals surface area contributed by atoms with Crippen LogP contribution in [0.3, 0.4) is 0 Å². The van der Waals surface area contributed by atoms with E-state index in [0.717, 1.165) is 44.5 Å². The summed E-state index contributed by atoms with van der Waals surface area (Å²) in [7, 11) is 0. The molecule has 2 aliphatic rings. The summed E-state index contributed by atoms with van der Waals surface area (Å²) < 4.78 is 5.74. The average molecular weight is 333 g/mol. The molecular formula is C19H31N3O2. The minimum absolute atomic E-state index is 0.180. The van der Waals surface area contributed by atoms with Gasteiger partial charge in [0.1, 0.15) is 0 Å². The van der Waals surface area contributed by atoms with Crippen LogP contribution in [-0.2, 0) is 0 Å². The first-order valence-corrected chi connectivity index (χ1v) is 9.44. The highest BCUT2D eigenvalue weighted by Gasteiger charge is 2.39. The van der Waals surface area contributed by atoms with Gasteiger partial charge in [0.2, 0.25) is 5.88 Å². The second kappa shape index (κ2) is 7.68. The molecule has 0 bridgehead atoms. The summed E-state index contributed by atoms with van der Waals surface area (Å²) in [5, 5.41) is 10.5. The van der Waals surface area contributed by atoms with Crippen molar-refractivity contribution >= 4 is 5.82 Å². The maximum Gasteiger partial charge on any atom is 0.234 e. The van der Waals surface area contributed by atoms with Gasteiger partial charge in [-0.05, 0) is 43.9 Å². The molecule has 0 spiro atoms. The Morgan fingerprint density at radius 3 is 2.92 bits per heavy atom. The first-order valence-electron chi connectivity index (χ1n) is 9.44. The van der Waals surface area contributed by atoms with Gasteiger partial charge in [-0.25, -0.2) is 0 Å². The summed E-state index contributed by atoms with van der Waals surface area (Å²) in [6.45, 7) is 8.20. The lowest BCUT2D eigenvalue weighted by Crippen LogP contribution is -2.44. The normalized spacial score (nSPS) is 30.8. The number of hydrogen-bond acceptors (Lipinski definition) is 5. The monoisotopic (exact) mass is 333 g/mol. The fourth-order valence-electron chi connectivity index (χ4n) is 4.14. The smallest absolute Gasteiger partial charge is 0.234 e. The first kappa shape index (κ1) is 17.5. The van der Waals surface area contributed by atoms with Crippen molar-refractivity contribution in [2.75, 3.05) is 18.1 Å². The van der Waals surface area contributed by atoms with Crippen LogP contribution in [0.15, 0.2) is 12.4 Å². The molecule has 1 aromatic heterocycles. The summed E-state index contributed by atoms with van der Waals surface area (Å²) in [5.41, 5.74) is 0. The lowest BCUT2D eigenvalue weighted by Gasteiger charge is -2.39. The van der Waals surface area contributed by atoms with Crippen LogP contribution in [0.4, 0.5) is 5.82 Å². The van der Waals surface area contributed by atoms with E-state index in [2.05, 4.69) is 35.6 Å². The molecule has 2 heterocycles. The molecule has 0 aromatic carbocycles. The third kappa shape index (κ3) is 4.00. The second-order valence-corrected chi connectivity index (χ2v) is 7.97. The van der Waals surface area contributed by atoms with E-state index in [0.29, 0.717) is 36.3 Å². The largest absolute Gasteiger partial charge is 0.476 e. The van der Waals surface area contributed by atoms with E-state index in [1.165, 1.54) is 0 Å². The Balaban J connectivity index is 1.74. The summed E-state index contributed by atoms with van der Waals surface area (Å²) >= 11 is 0. The Morgan fingerprint density at radius 1 is 1.29 bits per heavy atom. The molecule has 1 saturated carbocycles. The van der Waals surface area contributed by atoms with Crippen LogP contribution in [-0.4, -0.2) is 40.4 Å². The van der Waals surface area contributed by atoms with Crippen molar-refractivity contribution < 1.29 is 9.84 Å². The zero-order valence-corrected chi connectivity index (χ0v) is 15.2. The predicted molar refractivity (Wildman–Crippen MR) is 95.2 cm³/mol. The Kier molecular flexibility index (Phi) is 5.59. The van der Waals surface area contributed by atoms with Crippen molar-refractivity contribution in [1.29, 1.82) is 0 Å². The van der Waals surface area contributed by atoms with E-state index < -0.39 is 0 Å². The van der Waals surface area contributed by atoms with Gasteiger partial charge in [0, 0.05) is 18.5 Å². The van der Waals surface area contributed by atoms with Crippen molar-refractivity contribution in [1.82, 2.24) is 9.97 Å². The average Bonchev–Trinajstić information content (AvgIpc) is 3.05. The molecule has 5 heteroatoms. The van der Waals surface area contributed by atoms with Gasteiger partial charge < -0.3 is 14.7 Å². The summed E-state index contributed by atoms with van der Waals surface area (Å²) in [4.78, 5) is 11.4. The minimum atomic E-state index is -0.180. The van der Waals surface area contributed by atoms with Crippen LogP contribution in [0.5, 0.6) is 5.88 Å². The van der Waals surface area contributed by atoms with Crippen molar-refractivity contribution in [2.24, 2.45) is 17.8 Å². The van der Waals surface area contributed by atoms with Crippen LogP contribution in [0.1, 0.15) is 52.9 Å². The first-order chi connectivity index (χ1) is 11.5. The van der Waals surface area contributed by atoms with Gasteiger partial charge in [-0.2, -0.15) is 4.98 Å². The lowest BCUT2D eigenvalue weighted by atomic mass is 9.76. The molecule has 134 valence electrons. The van der Waals surface area contributed by atoms with Crippen LogP contribution in [0.25, 0.3) is 0 Å². The van der Waals surface area contributed by atoms with E-state index in [9.17, 15) is 5.11 Å². The maximum absolute atomic E-state index is 10.5. The number of aliphatic hydroxyl groups excluding tert-OH is 1. The maximum atomic E-state index is 10.5. The van der Waals surface area contributed by atoms with Crippen molar-refractivity contribution in [3.8, 4) is 5.88 Å². The highest BCUT2D eigenvalue weighted by atomic mass is 16.5. The molecular weight excluding hydrogens is 302 g/mol. The number of nitrogens with zero attached hydrogens (tertiary/aromatic N) is 3. The third-order valence-electron chi connectivity index (χ3n) is 5.38. The lowest BCUT2D eigenvalue weighted by molar-refractivity contribution is 0.0389. The van der Waals surface area contributed by atoms with Gasteiger partial charge in [-0.1, -0.05) is 20.8 Å². The molecule has 1 aliphatic heterocycles. The zero-order chi connectivity index (χ0) is 17.1. The number of aliphatic hydroxyl groups is 1. The molecule has 1 aliphatic carbocycles. The molecule has 1 aromatic rings. The van der Waals surface area contributed by atoms with E-state index in [1.807, 2.05) is 6.20 Å². The number of hydrogen-bond donors (Lipinski definition) is 1. The Labute approximate surface area is 145 Å². The topological polar surface area (TPSA) is 58.5 Å². The summed E-state index contributed by atoms with van der Waals surface area (Å²) in [6.07, 6.45) is 8.81. The molecule has 24 heavy (non-hydrogen) atoms. The van der Waals surface area contributed by atoms with Crippen molar-refractivity contribution in [3.05, 3.63) is 12.4 Å². The summed E-state index contributed by atoms with van der Waals surface area (Å²) in [6, 6.07) is 0.373. The molecule has 2 fully saturated rings. The molecule has 0 amide bonds. The van der Waals surface area contributed by atoms with Crippen LogP contribution in [0, 0.1) is 17.8 Å². The molecule has 0 radical (unpaired) electrons. The van der Waals surface area contributed by atoms with E-state index in [1.54, 1.807) is 6.20 Å². The molecule has 1 saturated heterocycles. The SMILES string of the molecule is CC(C)COc1cncc(N2CCC[C@@H]2[C@@H]2C[C@@H](C)CC[C@@H]2O)n1. The zero-order valence-electron chi connectivity index (χ0n) is 15.2. The van der Waals surface area contributed by atoms with E-state index in [-0.39, 0.29) is 6.10 Å². The fourth-order valence-corrected chi connectivity index (χ4v) is 4.14. The van der Waals surface area contributed by atoms with Crippen molar-refractivity contribution in [2.45, 2.75) is 65.0 Å². The quantitative estimate of drug-likeness (QED) is 0.896. The Bertz CT molecular complexity index is 537. The molecule has 4 atom stereocenters. The number of anilines is 1. The highest BCUT2D eigenvalue weighted by Crippen LogP contribution is 2.38.